The van der Waals surface area contributed by atoms with Crippen LogP contribution in [0.15, 0.2) is 53.3 Å². The topological polar surface area (TPSA) is 113 Å². The first-order chi connectivity index (χ1) is 18.8. The molecule has 1 aromatic heterocycles. The molecule has 9 nitrogen and oxygen atoms in total. The van der Waals surface area contributed by atoms with E-state index in [1.807, 2.05) is 22.6 Å². The van der Waals surface area contributed by atoms with Gasteiger partial charge in [-0.05, 0) is 66.9 Å². The summed E-state index contributed by atoms with van der Waals surface area (Å²) in [5.74, 6) is -1.60. The van der Waals surface area contributed by atoms with Crippen LogP contribution in [0.3, 0.4) is 0 Å². The van der Waals surface area contributed by atoms with Gasteiger partial charge in [0, 0.05) is 31.4 Å². The van der Waals surface area contributed by atoms with Gasteiger partial charge in [0.15, 0.2) is 0 Å². The number of sulfonamides is 1. The van der Waals surface area contributed by atoms with Crippen molar-refractivity contribution in [1.29, 1.82) is 0 Å². The number of nitrogens with zero attached hydrogens (tertiary/aromatic N) is 3. The van der Waals surface area contributed by atoms with E-state index in [0.29, 0.717) is 35.5 Å². The van der Waals surface area contributed by atoms with Gasteiger partial charge < -0.3 is 10.2 Å². The van der Waals surface area contributed by atoms with Gasteiger partial charge in [-0.25, -0.2) is 26.9 Å². The molecule has 5 rings (SSSR count). The third-order valence-electron chi connectivity index (χ3n) is 6.85. The third kappa shape index (κ3) is 5.26. The molecule has 1 aliphatic heterocycles. The van der Waals surface area contributed by atoms with Crippen molar-refractivity contribution >= 4 is 38.5 Å². The number of hydrogen-bond acceptors (Lipinski definition) is 7. The fourth-order valence-electron chi connectivity index (χ4n) is 5.02. The summed E-state index contributed by atoms with van der Waals surface area (Å²) < 4.78 is 54.4. The van der Waals surface area contributed by atoms with Crippen LogP contribution in [0.25, 0.3) is 10.9 Å². The fourth-order valence-corrected chi connectivity index (χ4v) is 5.47. The molecule has 12 heteroatoms. The molecule has 4 aromatic rings. The Morgan fingerprint density at radius 1 is 1.02 bits per heavy atom. The van der Waals surface area contributed by atoms with E-state index >= 15 is 0 Å². The van der Waals surface area contributed by atoms with Gasteiger partial charge in [-0.3, -0.25) is 14.2 Å². The number of hydrogen-bond donors (Lipinski definition) is 2. The molecule has 1 aliphatic rings. The molecule has 0 bridgehead atoms. The van der Waals surface area contributed by atoms with E-state index in [0.717, 1.165) is 35.1 Å². The highest BCUT2D eigenvalue weighted by Crippen LogP contribution is 2.31. The van der Waals surface area contributed by atoms with Crippen LogP contribution in [0.1, 0.15) is 45.6 Å². The molecule has 0 fully saturated rings. The van der Waals surface area contributed by atoms with Gasteiger partial charge >= 0.3 is 0 Å². The SMILES string of the molecule is Cc1cc([C@@H](C)Nc2ccc(F)cc2C(=O)NS(C)(=O)=O)c2nc(N3Cc4ccc(F)cc4C3)n(C)c(=O)c2c1. The first kappa shape index (κ1) is 27.3. The Morgan fingerprint density at radius 2 is 1.70 bits per heavy atom. The van der Waals surface area contributed by atoms with E-state index < -0.39 is 27.8 Å². The molecule has 0 unspecified atom stereocenters. The lowest BCUT2D eigenvalue weighted by molar-refractivity contribution is 0.0982. The van der Waals surface area contributed by atoms with E-state index in [-0.39, 0.29) is 22.6 Å². The van der Waals surface area contributed by atoms with Crippen molar-refractivity contribution in [2.75, 3.05) is 16.5 Å². The average Bonchev–Trinajstić information content (AvgIpc) is 3.28. The van der Waals surface area contributed by atoms with Crippen molar-refractivity contribution in [3.8, 4) is 0 Å². The van der Waals surface area contributed by atoms with Gasteiger partial charge in [-0.1, -0.05) is 12.1 Å². The second-order valence-electron chi connectivity index (χ2n) is 10.1. The zero-order valence-corrected chi connectivity index (χ0v) is 23.1. The number of amides is 1. The zero-order valence-electron chi connectivity index (χ0n) is 22.2. The van der Waals surface area contributed by atoms with Crippen LogP contribution in [0, 0.1) is 18.6 Å². The molecule has 0 aliphatic carbocycles. The van der Waals surface area contributed by atoms with Gasteiger partial charge in [-0.15, -0.1) is 0 Å². The summed E-state index contributed by atoms with van der Waals surface area (Å²) in [6.07, 6.45) is 0.831. The predicted octanol–water partition coefficient (Wildman–Crippen LogP) is 3.90. The molecule has 208 valence electrons. The Kier molecular flexibility index (Phi) is 6.82. The van der Waals surface area contributed by atoms with Crippen LogP contribution >= 0.6 is 0 Å². The zero-order chi connectivity index (χ0) is 28.9. The van der Waals surface area contributed by atoms with Crippen LogP contribution in [-0.4, -0.2) is 30.1 Å². The lowest BCUT2D eigenvalue weighted by Crippen LogP contribution is -2.30. The molecular weight excluding hydrogens is 540 g/mol. The number of rotatable bonds is 6. The molecule has 2 N–H and O–H groups in total. The first-order valence-corrected chi connectivity index (χ1v) is 14.3. The number of nitrogens with one attached hydrogen (secondary N) is 2. The highest BCUT2D eigenvalue weighted by Gasteiger charge is 2.25. The largest absolute Gasteiger partial charge is 0.378 e. The number of aryl methyl sites for hydroxylation is 1. The van der Waals surface area contributed by atoms with E-state index in [9.17, 15) is 26.8 Å². The number of anilines is 2. The highest BCUT2D eigenvalue weighted by molar-refractivity contribution is 7.89. The summed E-state index contributed by atoms with van der Waals surface area (Å²) in [6.45, 7) is 4.49. The molecular formula is C28H27F2N5O4S. The minimum absolute atomic E-state index is 0.194. The van der Waals surface area contributed by atoms with Crippen molar-refractivity contribution in [2.45, 2.75) is 33.0 Å². The number of fused-ring (bicyclic) bond motifs is 2. The highest BCUT2D eigenvalue weighted by atomic mass is 32.2. The molecule has 0 spiro atoms. The number of halogens is 2. The fraction of sp³-hybridized carbons (Fsp3) is 0.250. The Labute approximate surface area is 229 Å². The standard InChI is InChI=1S/C28H27F2N5O4S/c1-15-9-21(16(2)31-24-8-7-20(30)12-22(24)26(36)33-40(4,38)39)25-23(10-15)27(37)34(3)28(32-25)35-13-17-5-6-19(29)11-18(17)14-35/h5-12,16,31H,13-14H2,1-4H3,(H,33,36)/t16-/m1/s1. The second kappa shape index (κ2) is 10.0. The predicted molar refractivity (Wildman–Crippen MR) is 149 cm³/mol. The Bertz CT molecular complexity index is 1860. The third-order valence-corrected chi connectivity index (χ3v) is 7.40. The molecule has 0 radical (unpaired) electrons. The maximum absolute atomic E-state index is 14.0. The van der Waals surface area contributed by atoms with Crippen molar-refractivity contribution in [3.05, 3.63) is 98.3 Å². The molecule has 0 saturated carbocycles. The maximum atomic E-state index is 14.0. The van der Waals surface area contributed by atoms with Crippen LogP contribution in [0.4, 0.5) is 20.4 Å². The van der Waals surface area contributed by atoms with Crippen molar-refractivity contribution < 1.29 is 22.0 Å². The van der Waals surface area contributed by atoms with Crippen molar-refractivity contribution in [1.82, 2.24) is 14.3 Å². The molecule has 3 aromatic carbocycles. The lowest BCUT2D eigenvalue weighted by atomic mass is 10.0. The summed E-state index contributed by atoms with van der Waals surface area (Å²) in [4.78, 5) is 32.9. The molecule has 40 heavy (non-hydrogen) atoms. The molecule has 1 amide bonds. The van der Waals surface area contributed by atoms with E-state index in [1.54, 1.807) is 26.1 Å². The average molecular weight is 568 g/mol. The van der Waals surface area contributed by atoms with Crippen molar-refractivity contribution in [3.63, 3.8) is 0 Å². The smallest absolute Gasteiger partial charge is 0.266 e. The summed E-state index contributed by atoms with van der Waals surface area (Å²) in [5, 5.41) is 3.55. The number of benzene rings is 3. The molecule has 0 saturated heterocycles. The Balaban J connectivity index is 1.56. The van der Waals surface area contributed by atoms with Crippen LogP contribution < -0.4 is 20.5 Å². The number of carbonyl (C=O) groups is 1. The normalized spacial score (nSPS) is 13.8. The van der Waals surface area contributed by atoms with E-state index in [1.165, 1.54) is 22.8 Å². The summed E-state index contributed by atoms with van der Waals surface area (Å²) >= 11 is 0. The van der Waals surface area contributed by atoms with Crippen molar-refractivity contribution in [2.24, 2.45) is 7.05 Å². The van der Waals surface area contributed by atoms with Gasteiger partial charge in [0.1, 0.15) is 11.6 Å². The summed E-state index contributed by atoms with van der Waals surface area (Å²) in [6, 6.07) is 11.1. The van der Waals surface area contributed by atoms with Crippen LogP contribution in [-0.2, 0) is 30.2 Å². The van der Waals surface area contributed by atoms with Gasteiger partial charge in [0.25, 0.3) is 11.5 Å². The summed E-state index contributed by atoms with van der Waals surface area (Å²) in [7, 11) is -2.24. The van der Waals surface area contributed by atoms with Gasteiger partial charge in [0.2, 0.25) is 16.0 Å². The lowest BCUT2D eigenvalue weighted by Gasteiger charge is -2.23. The van der Waals surface area contributed by atoms with Gasteiger partial charge in [-0.2, -0.15) is 0 Å². The van der Waals surface area contributed by atoms with Crippen LogP contribution in [0.5, 0.6) is 0 Å². The van der Waals surface area contributed by atoms with E-state index in [2.05, 4.69) is 5.32 Å². The second-order valence-corrected chi connectivity index (χ2v) is 11.8. The number of aromatic nitrogens is 2. The first-order valence-electron chi connectivity index (χ1n) is 12.4. The molecule has 2 heterocycles. The minimum Gasteiger partial charge on any atom is -0.378 e. The summed E-state index contributed by atoms with van der Waals surface area (Å²) in [5.41, 5.74) is 3.42. The van der Waals surface area contributed by atoms with E-state index in [4.69, 9.17) is 4.98 Å². The Morgan fingerprint density at radius 3 is 2.42 bits per heavy atom. The van der Waals surface area contributed by atoms with Gasteiger partial charge in [0.05, 0.1) is 28.8 Å². The monoisotopic (exact) mass is 567 g/mol. The molecule has 1 atom stereocenters. The van der Waals surface area contributed by atoms with Crippen LogP contribution in [0.2, 0.25) is 0 Å². The maximum Gasteiger partial charge on any atom is 0.266 e. The Hall–Kier alpha value is -4.32. The number of carbonyl (C=O) groups excluding carboxylic acids is 1. The quantitative estimate of drug-likeness (QED) is 0.363. The minimum atomic E-state index is -3.88.